The van der Waals surface area contributed by atoms with Crippen LogP contribution in [0.25, 0.3) is 0 Å². The Morgan fingerprint density at radius 1 is 1.05 bits per heavy atom. The van der Waals surface area contributed by atoms with Gasteiger partial charge in [0.15, 0.2) is 0 Å². The molecule has 0 radical (unpaired) electrons. The van der Waals surface area contributed by atoms with E-state index in [1.165, 1.54) is 29.7 Å². The van der Waals surface area contributed by atoms with Gasteiger partial charge in [-0.2, -0.15) is 0 Å². The molecule has 1 aromatic carbocycles. The minimum absolute atomic E-state index is 0.241. The fraction of sp³-hybridized carbons (Fsp3) is 0.611. The molecule has 1 heterocycles. The Hall–Kier alpha value is -1.51. The summed E-state index contributed by atoms with van der Waals surface area (Å²) in [5.74, 6) is 0.241. The zero-order valence-corrected chi connectivity index (χ0v) is 13.5. The van der Waals surface area contributed by atoms with Crippen LogP contribution in [0.3, 0.4) is 0 Å². The van der Waals surface area contributed by atoms with E-state index in [9.17, 15) is 4.79 Å². The number of hydrogen-bond acceptors (Lipinski definition) is 2. The van der Waals surface area contributed by atoms with Gasteiger partial charge in [-0.1, -0.05) is 44.9 Å². The van der Waals surface area contributed by atoms with Crippen molar-refractivity contribution >= 4 is 11.6 Å². The van der Waals surface area contributed by atoms with Gasteiger partial charge in [-0.25, -0.2) is 0 Å². The number of nitrogens with one attached hydrogen (secondary N) is 1. The summed E-state index contributed by atoms with van der Waals surface area (Å²) in [4.78, 5) is 14.4. The molecule has 21 heavy (non-hydrogen) atoms. The largest absolute Gasteiger partial charge is 0.376 e. The van der Waals surface area contributed by atoms with E-state index >= 15 is 0 Å². The lowest BCUT2D eigenvalue weighted by atomic mass is 10.0. The monoisotopic (exact) mass is 288 g/mol. The molecule has 0 atom stereocenters. The number of anilines is 1. The molecular formula is C18H28N2O. The third-order valence-corrected chi connectivity index (χ3v) is 4.37. The molecule has 1 saturated heterocycles. The van der Waals surface area contributed by atoms with Crippen LogP contribution in [0, 0.1) is 0 Å². The molecule has 3 nitrogen and oxygen atoms in total. The summed E-state index contributed by atoms with van der Waals surface area (Å²) in [5.41, 5.74) is 3.78. The molecule has 0 bridgehead atoms. The Kier molecular flexibility index (Phi) is 6.09. The summed E-state index contributed by atoms with van der Waals surface area (Å²) < 4.78 is 0. The van der Waals surface area contributed by atoms with Crippen LogP contribution in [0.4, 0.5) is 5.69 Å². The van der Waals surface area contributed by atoms with Crippen LogP contribution >= 0.6 is 0 Å². The molecular weight excluding hydrogens is 260 g/mol. The van der Waals surface area contributed by atoms with Crippen LogP contribution in [0.15, 0.2) is 18.2 Å². The summed E-state index contributed by atoms with van der Waals surface area (Å²) in [6.07, 6.45) is 6.81. The molecule has 0 aromatic heterocycles. The molecule has 3 heteroatoms. The summed E-state index contributed by atoms with van der Waals surface area (Å²) in [7, 11) is 0. The first-order valence-electron chi connectivity index (χ1n) is 8.38. The minimum Gasteiger partial charge on any atom is -0.376 e. The number of nitrogens with zero attached hydrogens (tertiary/aromatic N) is 1. The Balaban J connectivity index is 2.00. The average molecular weight is 288 g/mol. The Morgan fingerprint density at radius 2 is 1.62 bits per heavy atom. The Morgan fingerprint density at radius 3 is 2.14 bits per heavy atom. The van der Waals surface area contributed by atoms with Crippen molar-refractivity contribution in [1.29, 1.82) is 0 Å². The van der Waals surface area contributed by atoms with E-state index in [-0.39, 0.29) is 5.91 Å². The van der Waals surface area contributed by atoms with Crippen molar-refractivity contribution in [2.45, 2.75) is 52.4 Å². The number of likely N-dealkylation sites (tertiary alicyclic amines) is 1. The maximum Gasteiger partial charge on any atom is 0.241 e. The first kappa shape index (κ1) is 15.9. The van der Waals surface area contributed by atoms with Gasteiger partial charge in [0.25, 0.3) is 0 Å². The normalized spacial score (nSPS) is 15.6. The summed E-state index contributed by atoms with van der Waals surface area (Å²) >= 11 is 0. The lowest BCUT2D eigenvalue weighted by molar-refractivity contribution is -0.129. The molecule has 1 aliphatic rings. The molecule has 1 N–H and O–H groups in total. The molecule has 116 valence electrons. The van der Waals surface area contributed by atoms with Crippen LogP contribution in [0.2, 0.25) is 0 Å². The lowest BCUT2D eigenvalue weighted by Crippen LogP contribution is -2.36. The highest BCUT2D eigenvalue weighted by Crippen LogP contribution is 2.22. The third kappa shape index (κ3) is 4.23. The maximum absolute atomic E-state index is 12.4. The van der Waals surface area contributed by atoms with Gasteiger partial charge in [0, 0.05) is 18.8 Å². The molecule has 1 amide bonds. The smallest absolute Gasteiger partial charge is 0.241 e. The van der Waals surface area contributed by atoms with E-state index in [0.29, 0.717) is 6.54 Å². The summed E-state index contributed by atoms with van der Waals surface area (Å²) in [5, 5.41) is 3.41. The van der Waals surface area contributed by atoms with Crippen molar-refractivity contribution in [3.8, 4) is 0 Å². The van der Waals surface area contributed by atoms with Crippen LogP contribution in [0.5, 0.6) is 0 Å². The van der Waals surface area contributed by atoms with Gasteiger partial charge in [-0.15, -0.1) is 0 Å². The van der Waals surface area contributed by atoms with Crippen LogP contribution < -0.4 is 5.32 Å². The zero-order chi connectivity index (χ0) is 15.1. The fourth-order valence-electron chi connectivity index (χ4n) is 3.07. The second-order valence-corrected chi connectivity index (χ2v) is 5.81. The fourth-order valence-corrected chi connectivity index (χ4v) is 3.07. The number of hydrogen-bond donors (Lipinski definition) is 1. The van der Waals surface area contributed by atoms with E-state index in [0.717, 1.165) is 38.8 Å². The number of aryl methyl sites for hydroxylation is 2. The second-order valence-electron chi connectivity index (χ2n) is 5.81. The number of amides is 1. The number of carbonyl (C=O) groups is 1. The average Bonchev–Trinajstić information content (AvgIpc) is 2.81. The molecule has 1 aliphatic heterocycles. The molecule has 0 aliphatic carbocycles. The minimum atomic E-state index is 0.241. The Bertz CT molecular complexity index is 440. The van der Waals surface area contributed by atoms with Crippen molar-refractivity contribution in [2.75, 3.05) is 25.0 Å². The highest BCUT2D eigenvalue weighted by atomic mass is 16.2. The number of para-hydroxylation sites is 1. The molecule has 0 unspecified atom stereocenters. The molecule has 0 saturated carbocycles. The predicted molar refractivity (Wildman–Crippen MR) is 88.7 cm³/mol. The first-order chi connectivity index (χ1) is 10.3. The van der Waals surface area contributed by atoms with Crippen LogP contribution in [-0.4, -0.2) is 30.4 Å². The van der Waals surface area contributed by atoms with Crippen molar-refractivity contribution in [1.82, 2.24) is 4.90 Å². The maximum atomic E-state index is 12.4. The van der Waals surface area contributed by atoms with E-state index in [1.54, 1.807) is 0 Å². The van der Waals surface area contributed by atoms with Crippen LogP contribution in [-0.2, 0) is 17.6 Å². The van der Waals surface area contributed by atoms with Crippen LogP contribution in [0.1, 0.15) is 50.7 Å². The quantitative estimate of drug-likeness (QED) is 0.897. The van der Waals surface area contributed by atoms with E-state index in [2.05, 4.69) is 37.4 Å². The van der Waals surface area contributed by atoms with Crippen molar-refractivity contribution in [3.63, 3.8) is 0 Å². The zero-order valence-electron chi connectivity index (χ0n) is 13.5. The molecule has 1 fully saturated rings. The van der Waals surface area contributed by atoms with Gasteiger partial charge >= 0.3 is 0 Å². The molecule has 1 aromatic rings. The highest BCUT2D eigenvalue weighted by molar-refractivity contribution is 5.81. The number of benzene rings is 1. The van der Waals surface area contributed by atoms with E-state index < -0.39 is 0 Å². The van der Waals surface area contributed by atoms with Gasteiger partial charge < -0.3 is 10.2 Å². The van der Waals surface area contributed by atoms with Gasteiger partial charge in [-0.3, -0.25) is 4.79 Å². The SMILES string of the molecule is CCc1cccc(CC)c1NCC(=O)N1CCCCCC1. The number of rotatable bonds is 5. The van der Waals surface area contributed by atoms with Gasteiger partial charge in [-0.05, 0) is 36.8 Å². The third-order valence-electron chi connectivity index (χ3n) is 4.37. The number of carbonyl (C=O) groups excluding carboxylic acids is 1. The molecule has 2 rings (SSSR count). The van der Waals surface area contributed by atoms with E-state index in [1.807, 2.05) is 4.90 Å². The van der Waals surface area contributed by atoms with Crippen molar-refractivity contribution < 1.29 is 4.79 Å². The van der Waals surface area contributed by atoms with Crippen molar-refractivity contribution in [3.05, 3.63) is 29.3 Å². The predicted octanol–water partition coefficient (Wildman–Crippen LogP) is 3.63. The van der Waals surface area contributed by atoms with Gasteiger partial charge in [0.1, 0.15) is 0 Å². The Labute approximate surface area is 128 Å². The van der Waals surface area contributed by atoms with Gasteiger partial charge in [0.2, 0.25) is 5.91 Å². The topological polar surface area (TPSA) is 32.3 Å². The summed E-state index contributed by atoms with van der Waals surface area (Å²) in [6.45, 7) is 6.60. The van der Waals surface area contributed by atoms with Gasteiger partial charge in [0.05, 0.1) is 6.54 Å². The first-order valence-corrected chi connectivity index (χ1v) is 8.38. The standard InChI is InChI=1S/C18H28N2O/c1-3-15-10-9-11-16(4-2)18(15)19-14-17(21)20-12-7-5-6-8-13-20/h9-11,19H,3-8,12-14H2,1-2H3. The lowest BCUT2D eigenvalue weighted by Gasteiger charge is -2.22. The van der Waals surface area contributed by atoms with E-state index in [4.69, 9.17) is 0 Å². The summed E-state index contributed by atoms with van der Waals surface area (Å²) in [6, 6.07) is 6.41. The second kappa shape index (κ2) is 8.06. The highest BCUT2D eigenvalue weighted by Gasteiger charge is 2.16. The molecule has 0 spiro atoms. The van der Waals surface area contributed by atoms with Crippen molar-refractivity contribution in [2.24, 2.45) is 0 Å².